The average molecular weight is 339 g/mol. The lowest BCUT2D eigenvalue weighted by molar-refractivity contribution is 0.102. The van der Waals surface area contributed by atoms with Crippen molar-refractivity contribution in [1.82, 2.24) is 0 Å². The number of hydrogen-bond acceptors (Lipinski definition) is 3. The van der Waals surface area contributed by atoms with Crippen LogP contribution in [0.1, 0.15) is 23.7 Å². The van der Waals surface area contributed by atoms with Gasteiger partial charge in [0.05, 0.1) is 12.3 Å². The van der Waals surface area contributed by atoms with Gasteiger partial charge in [-0.05, 0) is 42.8 Å². The number of rotatable bonds is 5. The highest BCUT2D eigenvalue weighted by Gasteiger charge is 2.10. The lowest BCUT2D eigenvalue weighted by Gasteiger charge is -2.10. The number of benzene rings is 2. The summed E-state index contributed by atoms with van der Waals surface area (Å²) >= 11 is 11.8. The number of carbonyl (C=O) groups excluding carboxylic acids is 1. The van der Waals surface area contributed by atoms with Crippen molar-refractivity contribution in [3.8, 4) is 5.75 Å². The first kappa shape index (κ1) is 16.5. The van der Waals surface area contributed by atoms with E-state index in [4.69, 9.17) is 33.7 Å². The Hall–Kier alpha value is -1.91. The van der Waals surface area contributed by atoms with E-state index in [1.54, 1.807) is 36.4 Å². The minimum Gasteiger partial charge on any atom is -0.491 e. The molecule has 0 bridgehead atoms. The Labute approximate surface area is 139 Å². The minimum absolute atomic E-state index is 0.299. The molecule has 2 aromatic rings. The van der Waals surface area contributed by atoms with Gasteiger partial charge in [-0.25, -0.2) is 0 Å². The van der Waals surface area contributed by atoms with Gasteiger partial charge in [0.1, 0.15) is 5.75 Å². The predicted molar refractivity (Wildman–Crippen MR) is 91.1 cm³/mol. The Morgan fingerprint density at radius 2 is 1.86 bits per heavy atom. The first-order valence-corrected chi connectivity index (χ1v) is 7.55. The largest absolute Gasteiger partial charge is 0.491 e. The first-order valence-electron chi connectivity index (χ1n) is 6.79. The first-order chi connectivity index (χ1) is 10.5. The number of amides is 1. The number of nitrogen functional groups attached to an aromatic ring is 1. The van der Waals surface area contributed by atoms with Crippen molar-refractivity contribution in [3.05, 3.63) is 52.0 Å². The third-order valence-electron chi connectivity index (χ3n) is 2.85. The van der Waals surface area contributed by atoms with Crippen LogP contribution in [0.5, 0.6) is 5.75 Å². The summed E-state index contributed by atoms with van der Waals surface area (Å²) < 4.78 is 5.48. The molecule has 0 aliphatic carbocycles. The zero-order chi connectivity index (χ0) is 16.1. The van der Waals surface area contributed by atoms with Crippen LogP contribution in [-0.4, -0.2) is 12.5 Å². The van der Waals surface area contributed by atoms with Crippen LogP contribution < -0.4 is 15.8 Å². The summed E-state index contributed by atoms with van der Waals surface area (Å²) in [6.45, 7) is 2.59. The summed E-state index contributed by atoms with van der Waals surface area (Å²) in [7, 11) is 0. The van der Waals surface area contributed by atoms with Gasteiger partial charge in [-0.15, -0.1) is 0 Å². The van der Waals surface area contributed by atoms with Gasteiger partial charge in [-0.3, -0.25) is 4.79 Å². The molecule has 116 valence electrons. The SMILES string of the molecule is CCCOc1ccc(C(=O)Nc2cc(Cl)cc(Cl)c2)cc1N. The van der Waals surface area contributed by atoms with Crippen LogP contribution in [0.3, 0.4) is 0 Å². The zero-order valence-electron chi connectivity index (χ0n) is 12.0. The summed E-state index contributed by atoms with van der Waals surface area (Å²) in [5.41, 5.74) is 7.26. The van der Waals surface area contributed by atoms with Gasteiger partial charge in [0, 0.05) is 21.3 Å². The fraction of sp³-hybridized carbons (Fsp3) is 0.188. The van der Waals surface area contributed by atoms with Crippen molar-refractivity contribution in [2.45, 2.75) is 13.3 Å². The molecule has 4 nitrogen and oxygen atoms in total. The molecular formula is C16H16Cl2N2O2. The molecule has 0 heterocycles. The highest BCUT2D eigenvalue weighted by Crippen LogP contribution is 2.25. The van der Waals surface area contributed by atoms with Gasteiger partial charge in [0.15, 0.2) is 0 Å². The molecular weight excluding hydrogens is 323 g/mol. The van der Waals surface area contributed by atoms with Crippen molar-refractivity contribution in [2.24, 2.45) is 0 Å². The van der Waals surface area contributed by atoms with Crippen molar-refractivity contribution in [3.63, 3.8) is 0 Å². The van der Waals surface area contributed by atoms with Crippen LogP contribution >= 0.6 is 23.2 Å². The second-order valence-electron chi connectivity index (χ2n) is 4.71. The Balaban J connectivity index is 2.14. The minimum atomic E-state index is -0.299. The van der Waals surface area contributed by atoms with Crippen LogP contribution in [-0.2, 0) is 0 Å². The molecule has 0 aliphatic rings. The van der Waals surface area contributed by atoms with Gasteiger partial charge >= 0.3 is 0 Å². The van der Waals surface area contributed by atoms with Crippen LogP contribution in [0.25, 0.3) is 0 Å². The number of hydrogen-bond donors (Lipinski definition) is 2. The summed E-state index contributed by atoms with van der Waals surface area (Å²) in [6, 6.07) is 9.75. The Bertz CT molecular complexity index is 670. The molecule has 2 rings (SSSR count). The van der Waals surface area contributed by atoms with Crippen molar-refractivity contribution in [1.29, 1.82) is 0 Å². The standard InChI is InChI=1S/C16H16Cl2N2O2/c1-2-5-22-15-4-3-10(6-14(15)19)16(21)20-13-8-11(17)7-12(18)9-13/h3-4,6-9H,2,5,19H2,1H3,(H,20,21). The summed E-state index contributed by atoms with van der Waals surface area (Å²) in [5, 5.41) is 3.62. The Morgan fingerprint density at radius 1 is 1.18 bits per heavy atom. The van der Waals surface area contributed by atoms with E-state index in [9.17, 15) is 4.79 Å². The fourth-order valence-corrected chi connectivity index (χ4v) is 2.39. The molecule has 1 amide bonds. The third-order valence-corrected chi connectivity index (χ3v) is 3.29. The number of nitrogens with one attached hydrogen (secondary N) is 1. The predicted octanol–water partition coefficient (Wildman–Crippen LogP) is 4.62. The van der Waals surface area contributed by atoms with Crippen molar-refractivity contribution >= 4 is 40.5 Å². The molecule has 0 saturated carbocycles. The maximum atomic E-state index is 12.2. The number of ether oxygens (including phenoxy) is 1. The fourth-order valence-electron chi connectivity index (χ4n) is 1.86. The van der Waals surface area contributed by atoms with E-state index < -0.39 is 0 Å². The molecule has 0 unspecified atom stereocenters. The van der Waals surface area contributed by atoms with Crippen LogP contribution in [0, 0.1) is 0 Å². The molecule has 6 heteroatoms. The maximum absolute atomic E-state index is 12.2. The highest BCUT2D eigenvalue weighted by molar-refractivity contribution is 6.35. The summed E-state index contributed by atoms with van der Waals surface area (Å²) in [4.78, 5) is 12.2. The molecule has 0 fully saturated rings. The Kier molecular flexibility index (Phi) is 5.52. The van der Waals surface area contributed by atoms with E-state index in [-0.39, 0.29) is 5.91 Å². The third kappa shape index (κ3) is 4.29. The zero-order valence-corrected chi connectivity index (χ0v) is 13.5. The molecule has 0 atom stereocenters. The van der Waals surface area contributed by atoms with E-state index in [2.05, 4.69) is 5.32 Å². The van der Waals surface area contributed by atoms with Crippen LogP contribution in [0.4, 0.5) is 11.4 Å². The number of carbonyl (C=O) groups is 1. The number of nitrogens with two attached hydrogens (primary N) is 1. The molecule has 0 aromatic heterocycles. The van der Waals surface area contributed by atoms with Crippen LogP contribution in [0.2, 0.25) is 10.0 Å². The van der Waals surface area contributed by atoms with Crippen molar-refractivity contribution in [2.75, 3.05) is 17.7 Å². The quantitative estimate of drug-likeness (QED) is 0.782. The molecule has 2 aromatic carbocycles. The second kappa shape index (κ2) is 7.38. The molecule has 0 radical (unpaired) electrons. The van der Waals surface area contributed by atoms with E-state index in [0.717, 1.165) is 6.42 Å². The smallest absolute Gasteiger partial charge is 0.255 e. The molecule has 0 saturated heterocycles. The van der Waals surface area contributed by atoms with E-state index in [1.807, 2.05) is 6.92 Å². The monoisotopic (exact) mass is 338 g/mol. The van der Waals surface area contributed by atoms with Gasteiger partial charge in [-0.2, -0.15) is 0 Å². The molecule has 22 heavy (non-hydrogen) atoms. The van der Waals surface area contributed by atoms with Gasteiger partial charge in [0.2, 0.25) is 0 Å². The van der Waals surface area contributed by atoms with E-state index >= 15 is 0 Å². The Morgan fingerprint density at radius 3 is 2.45 bits per heavy atom. The summed E-state index contributed by atoms with van der Waals surface area (Å²) in [5.74, 6) is 0.274. The summed E-state index contributed by atoms with van der Waals surface area (Å²) in [6.07, 6.45) is 0.886. The maximum Gasteiger partial charge on any atom is 0.255 e. The average Bonchev–Trinajstić information content (AvgIpc) is 2.44. The molecule has 0 spiro atoms. The lowest BCUT2D eigenvalue weighted by atomic mass is 10.1. The topological polar surface area (TPSA) is 64.3 Å². The normalized spacial score (nSPS) is 10.3. The van der Waals surface area contributed by atoms with E-state index in [1.165, 1.54) is 0 Å². The van der Waals surface area contributed by atoms with Crippen molar-refractivity contribution < 1.29 is 9.53 Å². The van der Waals surface area contributed by atoms with Crippen LogP contribution in [0.15, 0.2) is 36.4 Å². The molecule has 3 N–H and O–H groups in total. The van der Waals surface area contributed by atoms with Gasteiger partial charge in [0.25, 0.3) is 5.91 Å². The number of anilines is 2. The highest BCUT2D eigenvalue weighted by atomic mass is 35.5. The number of halogens is 2. The van der Waals surface area contributed by atoms with E-state index in [0.29, 0.717) is 39.3 Å². The molecule has 0 aliphatic heterocycles. The second-order valence-corrected chi connectivity index (χ2v) is 5.59. The lowest BCUT2D eigenvalue weighted by Crippen LogP contribution is -2.12. The van der Waals surface area contributed by atoms with Gasteiger partial charge < -0.3 is 15.8 Å². The van der Waals surface area contributed by atoms with Gasteiger partial charge in [-0.1, -0.05) is 30.1 Å².